The van der Waals surface area contributed by atoms with Crippen LogP contribution in [0.2, 0.25) is 0 Å². The molecule has 2 spiro atoms. The first-order valence-electron chi connectivity index (χ1n) is 20.8. The SMILES string of the molecule is Cc1ccc(C(=O)C2=CC34C=CC25C(CCC2(C)C5CCC2(O)CN(Cc2cccc5ccccc25)C(=O)Oc2ccc5ccccc5c2)C3(C)CCC(O)C4)s1. The minimum atomic E-state index is -1.25. The van der Waals surface area contributed by atoms with Crippen molar-refractivity contribution in [2.24, 2.45) is 33.5 Å². The van der Waals surface area contributed by atoms with Crippen molar-refractivity contribution in [2.45, 2.75) is 84.0 Å². The molecular formula is C50H51NO5S. The molecule has 5 aromatic rings. The van der Waals surface area contributed by atoms with E-state index in [1.165, 1.54) is 0 Å². The predicted octanol–water partition coefficient (Wildman–Crippen LogP) is 10.8. The number of allylic oxidation sites excluding steroid dienone is 4. The van der Waals surface area contributed by atoms with Gasteiger partial charge in [-0.05, 0) is 120 Å². The van der Waals surface area contributed by atoms with Gasteiger partial charge in [0.2, 0.25) is 0 Å². The summed E-state index contributed by atoms with van der Waals surface area (Å²) >= 11 is 1.55. The fourth-order valence-corrected chi connectivity index (χ4v) is 13.6. The van der Waals surface area contributed by atoms with Crippen LogP contribution in [-0.2, 0) is 6.54 Å². The number of ether oxygens (including phenoxy) is 1. The van der Waals surface area contributed by atoms with Gasteiger partial charge in [0.25, 0.3) is 0 Å². The van der Waals surface area contributed by atoms with E-state index in [0.717, 1.165) is 74.5 Å². The van der Waals surface area contributed by atoms with Crippen molar-refractivity contribution in [2.75, 3.05) is 6.54 Å². The molecule has 292 valence electrons. The Hall–Kier alpha value is -4.56. The first-order chi connectivity index (χ1) is 27.4. The van der Waals surface area contributed by atoms with E-state index in [2.05, 4.69) is 56.3 Å². The number of nitrogens with zero attached hydrogens (tertiary/aromatic N) is 1. The zero-order chi connectivity index (χ0) is 39.4. The summed E-state index contributed by atoms with van der Waals surface area (Å²) in [6.45, 7) is 7.06. The summed E-state index contributed by atoms with van der Waals surface area (Å²) in [5, 5.41) is 28.6. The molecule has 2 N–H and O–H groups in total. The van der Waals surface area contributed by atoms with Crippen LogP contribution in [0.3, 0.4) is 0 Å². The summed E-state index contributed by atoms with van der Waals surface area (Å²) < 4.78 is 6.20. The molecule has 3 saturated carbocycles. The van der Waals surface area contributed by atoms with E-state index in [4.69, 9.17) is 4.74 Å². The highest BCUT2D eigenvalue weighted by Crippen LogP contribution is 2.78. The Kier molecular flexibility index (Phi) is 8.37. The maximum absolute atomic E-state index is 14.9. The predicted molar refractivity (Wildman–Crippen MR) is 226 cm³/mol. The minimum absolute atomic E-state index is 0.0286. The zero-order valence-electron chi connectivity index (χ0n) is 33.0. The molecule has 8 unspecified atom stereocenters. The van der Waals surface area contributed by atoms with Crippen LogP contribution in [-0.4, -0.2) is 45.2 Å². The van der Waals surface area contributed by atoms with Gasteiger partial charge in [-0.1, -0.05) is 105 Å². The smallest absolute Gasteiger partial charge is 0.410 e. The summed E-state index contributed by atoms with van der Waals surface area (Å²) in [7, 11) is 0. The summed E-state index contributed by atoms with van der Waals surface area (Å²) in [5.41, 5.74) is -1.10. The lowest BCUT2D eigenvalue weighted by atomic mass is 9.32. The maximum atomic E-state index is 14.9. The Morgan fingerprint density at radius 2 is 1.53 bits per heavy atom. The summed E-state index contributed by atoms with van der Waals surface area (Å²) in [5.74, 6) is 0.710. The minimum Gasteiger partial charge on any atom is -0.410 e. The number of aliphatic hydroxyl groups excluding tert-OH is 1. The molecule has 6 aliphatic rings. The molecule has 0 radical (unpaired) electrons. The molecule has 4 aromatic carbocycles. The molecule has 11 rings (SSSR count). The quantitative estimate of drug-likeness (QED) is 0.127. The normalized spacial score (nSPS) is 33.7. The van der Waals surface area contributed by atoms with Gasteiger partial charge in [-0.2, -0.15) is 0 Å². The second-order valence-electron chi connectivity index (χ2n) is 18.4. The molecule has 1 aromatic heterocycles. The molecule has 3 fully saturated rings. The number of carbonyl (C=O) groups excluding carboxylic acids is 2. The molecule has 6 nitrogen and oxygen atoms in total. The second kappa shape index (κ2) is 13.0. The van der Waals surface area contributed by atoms with Crippen LogP contribution >= 0.6 is 11.3 Å². The highest BCUT2D eigenvalue weighted by atomic mass is 32.1. The maximum Gasteiger partial charge on any atom is 0.415 e. The first kappa shape index (κ1) is 36.8. The number of Topliss-reactive ketones (excluding diaryl/α,β-unsaturated/α-hetero) is 1. The fourth-order valence-electron chi connectivity index (χ4n) is 12.8. The van der Waals surface area contributed by atoms with Gasteiger partial charge in [0.05, 0.1) is 23.1 Å². The number of ketones is 1. The zero-order valence-corrected chi connectivity index (χ0v) is 33.9. The van der Waals surface area contributed by atoms with E-state index in [0.29, 0.717) is 18.6 Å². The van der Waals surface area contributed by atoms with Crippen LogP contribution in [0.5, 0.6) is 5.75 Å². The van der Waals surface area contributed by atoms with Gasteiger partial charge in [0.15, 0.2) is 5.78 Å². The number of aryl methyl sites for hydroxylation is 1. The molecule has 8 atom stereocenters. The number of rotatable bonds is 7. The number of hydrogen-bond acceptors (Lipinski definition) is 6. The van der Waals surface area contributed by atoms with Crippen LogP contribution in [0, 0.1) is 40.4 Å². The van der Waals surface area contributed by atoms with E-state index >= 15 is 0 Å². The average molecular weight is 778 g/mol. The van der Waals surface area contributed by atoms with Gasteiger partial charge in [-0.25, -0.2) is 4.79 Å². The number of aliphatic hydroxyl groups is 2. The van der Waals surface area contributed by atoms with Crippen LogP contribution in [0.1, 0.15) is 78.9 Å². The Bertz CT molecular complexity index is 2510. The lowest BCUT2D eigenvalue weighted by Crippen LogP contribution is -2.67. The molecule has 0 aliphatic heterocycles. The summed E-state index contributed by atoms with van der Waals surface area (Å²) in [6.07, 6.45) is 11.2. The molecule has 7 heteroatoms. The Labute approximate surface area is 338 Å². The molecular weight excluding hydrogens is 727 g/mol. The highest BCUT2D eigenvalue weighted by molar-refractivity contribution is 7.14. The number of benzene rings is 4. The van der Waals surface area contributed by atoms with E-state index < -0.39 is 34.0 Å². The van der Waals surface area contributed by atoms with Crippen molar-refractivity contribution in [3.8, 4) is 5.75 Å². The van der Waals surface area contributed by atoms with E-state index in [1.807, 2.05) is 79.7 Å². The average Bonchev–Trinajstić information content (AvgIpc) is 3.76. The van der Waals surface area contributed by atoms with Crippen molar-refractivity contribution < 1.29 is 24.5 Å². The second-order valence-corrected chi connectivity index (χ2v) is 19.7. The third-order valence-corrected chi connectivity index (χ3v) is 16.8. The highest BCUT2D eigenvalue weighted by Gasteiger charge is 2.74. The summed E-state index contributed by atoms with van der Waals surface area (Å²) in [4.78, 5) is 33.1. The van der Waals surface area contributed by atoms with Gasteiger partial charge < -0.3 is 19.8 Å². The topological polar surface area (TPSA) is 87.1 Å². The fraction of sp³-hybridized carbons (Fsp3) is 0.400. The van der Waals surface area contributed by atoms with Crippen molar-refractivity contribution >= 4 is 44.8 Å². The van der Waals surface area contributed by atoms with Gasteiger partial charge >= 0.3 is 6.09 Å². The van der Waals surface area contributed by atoms with Gasteiger partial charge in [-0.15, -0.1) is 11.3 Å². The number of amides is 1. The molecule has 1 amide bonds. The van der Waals surface area contributed by atoms with Crippen LogP contribution in [0.25, 0.3) is 21.5 Å². The lowest BCUT2D eigenvalue weighted by molar-refractivity contribution is -0.175. The third-order valence-electron chi connectivity index (χ3n) is 15.8. The number of thiophene rings is 1. The largest absolute Gasteiger partial charge is 0.415 e. The van der Waals surface area contributed by atoms with Crippen LogP contribution in [0.4, 0.5) is 4.79 Å². The van der Waals surface area contributed by atoms with Gasteiger partial charge in [0.1, 0.15) is 5.75 Å². The molecule has 1 heterocycles. The van der Waals surface area contributed by atoms with Gasteiger partial charge in [-0.3, -0.25) is 4.79 Å². The van der Waals surface area contributed by atoms with E-state index in [-0.39, 0.29) is 36.1 Å². The Balaban J connectivity index is 1.04. The molecule has 57 heavy (non-hydrogen) atoms. The monoisotopic (exact) mass is 777 g/mol. The van der Waals surface area contributed by atoms with E-state index in [9.17, 15) is 19.8 Å². The summed E-state index contributed by atoms with van der Waals surface area (Å²) in [6, 6.07) is 32.1. The first-order valence-corrected chi connectivity index (χ1v) is 21.6. The molecule has 6 aliphatic carbocycles. The Morgan fingerprint density at radius 1 is 0.807 bits per heavy atom. The van der Waals surface area contributed by atoms with Crippen molar-refractivity contribution in [3.63, 3.8) is 0 Å². The molecule has 0 saturated heterocycles. The van der Waals surface area contributed by atoms with Crippen molar-refractivity contribution in [1.82, 2.24) is 4.90 Å². The third kappa shape index (κ3) is 5.34. The van der Waals surface area contributed by atoms with Gasteiger partial charge in [0, 0.05) is 33.2 Å². The van der Waals surface area contributed by atoms with Crippen molar-refractivity contribution in [3.05, 3.63) is 136 Å². The van der Waals surface area contributed by atoms with E-state index in [1.54, 1.807) is 16.2 Å². The van der Waals surface area contributed by atoms with Crippen molar-refractivity contribution in [1.29, 1.82) is 0 Å². The number of fused-ring (bicyclic) bond motifs is 3. The number of hydrogen-bond donors (Lipinski definition) is 2. The molecule has 2 bridgehead atoms. The number of carbonyl (C=O) groups is 2. The van der Waals surface area contributed by atoms with Crippen LogP contribution < -0.4 is 4.74 Å². The standard InChI is InChI=1S/C50H51NO5S/c1-32-15-18-41(57-32)44(53)40-29-48-25-26-50(40)42(46(48,2)22-19-37(52)28-48)20-23-47(3)43(50)21-24-49(47,55)31-51(30-36-13-8-12-34-10-6-7-14-39(34)36)45(54)56-38-17-16-33-9-4-5-11-35(33)27-38/h4-18,25-27,29,37,42-43,52,55H,19-24,28,30-31H2,1-3H3. The van der Waals surface area contributed by atoms with Crippen LogP contribution in [0.15, 0.2) is 121 Å². The Morgan fingerprint density at radius 3 is 2.33 bits per heavy atom. The lowest BCUT2D eigenvalue weighted by Gasteiger charge is -2.71.